The first kappa shape index (κ1) is 11.9. The fraction of sp³-hybridized carbons (Fsp3) is 0.333. The molecule has 1 unspecified atom stereocenters. The van der Waals surface area contributed by atoms with Crippen LogP contribution in [0.3, 0.4) is 0 Å². The zero-order valence-electron chi connectivity index (χ0n) is 9.68. The third-order valence-corrected chi connectivity index (χ3v) is 3.50. The Bertz CT molecular complexity index is 502. The van der Waals surface area contributed by atoms with Crippen LogP contribution in [0.2, 0.25) is 0 Å². The smallest absolute Gasteiger partial charge is 0.312 e. The van der Waals surface area contributed by atoms with Crippen molar-refractivity contribution in [3.63, 3.8) is 0 Å². The van der Waals surface area contributed by atoms with Crippen molar-refractivity contribution in [3.05, 3.63) is 29.4 Å². The van der Waals surface area contributed by atoms with Crippen molar-refractivity contribution in [1.29, 1.82) is 0 Å². The summed E-state index contributed by atoms with van der Waals surface area (Å²) in [6, 6.07) is 3.82. The van der Waals surface area contributed by atoms with Crippen molar-refractivity contribution in [3.8, 4) is 10.7 Å². The van der Waals surface area contributed by atoms with Crippen LogP contribution >= 0.6 is 11.3 Å². The Kier molecular flexibility index (Phi) is 3.28. The van der Waals surface area contributed by atoms with Gasteiger partial charge in [-0.15, -0.1) is 11.3 Å². The second kappa shape index (κ2) is 4.71. The number of carbonyl (C=O) groups is 1. The molecule has 0 bridgehead atoms. The highest BCUT2D eigenvalue weighted by molar-refractivity contribution is 7.13. The van der Waals surface area contributed by atoms with Crippen LogP contribution in [0.25, 0.3) is 10.7 Å². The Hall–Kier alpha value is -1.62. The van der Waals surface area contributed by atoms with E-state index in [1.807, 2.05) is 37.6 Å². The van der Waals surface area contributed by atoms with Crippen LogP contribution in [-0.2, 0) is 4.79 Å². The predicted octanol–water partition coefficient (Wildman–Crippen LogP) is 2.96. The van der Waals surface area contributed by atoms with E-state index in [0.29, 0.717) is 5.69 Å². The summed E-state index contributed by atoms with van der Waals surface area (Å²) in [6.45, 7) is 3.79. The molecule has 0 aliphatic heterocycles. The fourth-order valence-corrected chi connectivity index (χ4v) is 2.61. The minimum atomic E-state index is -0.816. The van der Waals surface area contributed by atoms with Gasteiger partial charge < -0.3 is 10.1 Å². The third kappa shape index (κ3) is 2.39. The molecule has 0 amide bonds. The van der Waals surface area contributed by atoms with E-state index >= 15 is 0 Å². The molecule has 90 valence electrons. The summed E-state index contributed by atoms with van der Waals surface area (Å²) in [6.07, 6.45) is 1.83. The number of H-pyrrole nitrogens is 1. The monoisotopic (exact) mass is 250 g/mol. The van der Waals surface area contributed by atoms with Gasteiger partial charge in [0.2, 0.25) is 0 Å². The maximum Gasteiger partial charge on any atom is 0.312 e. The Morgan fingerprint density at radius 2 is 2.29 bits per heavy atom. The third-order valence-electron chi connectivity index (χ3n) is 2.60. The lowest BCUT2D eigenvalue weighted by Gasteiger charge is -2.13. The zero-order chi connectivity index (χ0) is 12.4. The number of hydrogen-bond acceptors (Lipinski definition) is 3. The highest BCUT2D eigenvalue weighted by atomic mass is 32.1. The van der Waals surface area contributed by atoms with Gasteiger partial charge in [0.25, 0.3) is 0 Å². The molecule has 1 atom stereocenters. The Balaban J connectivity index is 2.31. The lowest BCUT2D eigenvalue weighted by Crippen LogP contribution is -2.17. The van der Waals surface area contributed by atoms with Crippen molar-refractivity contribution in [1.82, 2.24) is 9.97 Å². The quantitative estimate of drug-likeness (QED) is 0.876. The van der Waals surface area contributed by atoms with Crippen LogP contribution in [-0.4, -0.2) is 21.0 Å². The molecule has 0 saturated carbocycles. The van der Waals surface area contributed by atoms with E-state index in [0.717, 1.165) is 10.7 Å². The van der Waals surface area contributed by atoms with Gasteiger partial charge in [-0.3, -0.25) is 4.79 Å². The van der Waals surface area contributed by atoms with Crippen LogP contribution in [0.5, 0.6) is 0 Å². The Morgan fingerprint density at radius 3 is 2.82 bits per heavy atom. The zero-order valence-corrected chi connectivity index (χ0v) is 10.5. The van der Waals surface area contributed by atoms with E-state index in [-0.39, 0.29) is 5.92 Å². The molecule has 2 aromatic heterocycles. The molecule has 4 nitrogen and oxygen atoms in total. The molecule has 0 aliphatic rings. The average Bonchev–Trinajstić information content (AvgIpc) is 2.83. The van der Waals surface area contributed by atoms with Crippen molar-refractivity contribution >= 4 is 17.3 Å². The number of aliphatic carboxylic acids is 1. The molecule has 2 N–H and O–H groups in total. The summed E-state index contributed by atoms with van der Waals surface area (Å²) >= 11 is 1.46. The molecule has 17 heavy (non-hydrogen) atoms. The first-order valence-electron chi connectivity index (χ1n) is 5.41. The lowest BCUT2D eigenvalue weighted by molar-refractivity contribution is -0.139. The summed E-state index contributed by atoms with van der Waals surface area (Å²) in [5.74, 6) is -1.32. The van der Waals surface area contributed by atoms with E-state index in [4.69, 9.17) is 0 Å². The van der Waals surface area contributed by atoms with Crippen LogP contribution in [0, 0.1) is 5.92 Å². The first-order chi connectivity index (χ1) is 8.09. The van der Waals surface area contributed by atoms with Crippen molar-refractivity contribution in [2.45, 2.75) is 19.8 Å². The number of carboxylic acid groups (broad SMARTS) is 1. The summed E-state index contributed by atoms with van der Waals surface area (Å²) < 4.78 is 0. The number of nitrogens with zero attached hydrogens (tertiary/aromatic N) is 1. The Labute approximate surface area is 103 Å². The summed E-state index contributed by atoms with van der Waals surface area (Å²) in [7, 11) is 0. The maximum absolute atomic E-state index is 11.2. The highest BCUT2D eigenvalue weighted by Crippen LogP contribution is 2.29. The van der Waals surface area contributed by atoms with Crippen molar-refractivity contribution in [2.75, 3.05) is 0 Å². The maximum atomic E-state index is 11.2. The molecule has 0 saturated heterocycles. The molecular formula is C12H14N2O2S. The van der Waals surface area contributed by atoms with Gasteiger partial charge in [0.1, 0.15) is 10.9 Å². The van der Waals surface area contributed by atoms with Gasteiger partial charge in [0.15, 0.2) is 0 Å². The summed E-state index contributed by atoms with van der Waals surface area (Å²) in [5, 5.41) is 11.9. The summed E-state index contributed by atoms with van der Waals surface area (Å²) in [5.41, 5.74) is 1.57. The molecule has 0 spiro atoms. The second-order valence-electron chi connectivity index (χ2n) is 4.22. The van der Waals surface area contributed by atoms with Gasteiger partial charge in [-0.25, -0.2) is 4.98 Å². The predicted molar refractivity (Wildman–Crippen MR) is 67.1 cm³/mol. The van der Waals surface area contributed by atoms with E-state index in [9.17, 15) is 9.90 Å². The molecule has 2 rings (SSSR count). The number of aromatic amines is 1. The SMILES string of the molecule is CC(C)C(C(=O)O)c1csc(-c2ccc[nH]2)n1. The van der Waals surface area contributed by atoms with Crippen molar-refractivity contribution < 1.29 is 9.90 Å². The van der Waals surface area contributed by atoms with Crippen LogP contribution < -0.4 is 0 Å². The number of thiazole rings is 1. The van der Waals surface area contributed by atoms with Gasteiger partial charge in [-0.05, 0) is 18.1 Å². The molecule has 2 aromatic rings. The van der Waals surface area contributed by atoms with Crippen LogP contribution in [0.4, 0.5) is 0 Å². The van der Waals surface area contributed by atoms with Crippen LogP contribution in [0.1, 0.15) is 25.5 Å². The lowest BCUT2D eigenvalue weighted by atomic mass is 9.93. The minimum absolute atomic E-state index is 0.0334. The molecule has 0 aliphatic carbocycles. The fourth-order valence-electron chi connectivity index (χ4n) is 1.77. The average molecular weight is 250 g/mol. The molecule has 5 heteroatoms. The number of rotatable bonds is 4. The Morgan fingerprint density at radius 1 is 1.53 bits per heavy atom. The number of aromatic nitrogens is 2. The van der Waals surface area contributed by atoms with E-state index in [1.165, 1.54) is 11.3 Å². The first-order valence-corrected chi connectivity index (χ1v) is 6.29. The topological polar surface area (TPSA) is 66.0 Å². The number of nitrogens with one attached hydrogen (secondary N) is 1. The second-order valence-corrected chi connectivity index (χ2v) is 5.08. The van der Waals surface area contributed by atoms with Crippen molar-refractivity contribution in [2.24, 2.45) is 5.92 Å². The van der Waals surface area contributed by atoms with E-state index in [2.05, 4.69) is 9.97 Å². The van der Waals surface area contributed by atoms with Crippen LogP contribution in [0.15, 0.2) is 23.7 Å². The minimum Gasteiger partial charge on any atom is -0.481 e. The molecule has 0 aromatic carbocycles. The number of carboxylic acids is 1. The van der Waals surface area contributed by atoms with E-state index < -0.39 is 11.9 Å². The van der Waals surface area contributed by atoms with E-state index in [1.54, 1.807) is 0 Å². The normalized spacial score (nSPS) is 12.9. The largest absolute Gasteiger partial charge is 0.481 e. The molecular weight excluding hydrogens is 236 g/mol. The molecule has 0 radical (unpaired) electrons. The highest BCUT2D eigenvalue weighted by Gasteiger charge is 2.26. The standard InChI is InChI=1S/C12H14N2O2S/c1-7(2)10(12(15)16)9-6-17-11(14-9)8-4-3-5-13-8/h3-7,10,13H,1-2H3,(H,15,16). The molecule has 2 heterocycles. The van der Waals surface area contributed by atoms with Gasteiger partial charge >= 0.3 is 5.97 Å². The molecule has 0 fully saturated rings. The van der Waals surface area contributed by atoms with Gasteiger partial charge in [-0.1, -0.05) is 13.8 Å². The van der Waals surface area contributed by atoms with Gasteiger partial charge in [-0.2, -0.15) is 0 Å². The van der Waals surface area contributed by atoms with Gasteiger partial charge in [0, 0.05) is 11.6 Å². The van der Waals surface area contributed by atoms with Gasteiger partial charge in [0.05, 0.1) is 11.4 Å². The number of hydrogen-bond donors (Lipinski definition) is 2. The summed E-state index contributed by atoms with van der Waals surface area (Å²) in [4.78, 5) is 18.7.